The van der Waals surface area contributed by atoms with Crippen LogP contribution in [-0.2, 0) is 22.5 Å². The minimum atomic E-state index is -0.497. The average molecular weight is 371 g/mol. The van der Waals surface area contributed by atoms with Gasteiger partial charge in [0.15, 0.2) is 0 Å². The van der Waals surface area contributed by atoms with Gasteiger partial charge in [-0.25, -0.2) is 0 Å². The first kappa shape index (κ1) is 18.1. The van der Waals surface area contributed by atoms with Gasteiger partial charge in [0.25, 0.3) is 0 Å². The van der Waals surface area contributed by atoms with Crippen LogP contribution in [-0.4, -0.2) is 51.7 Å². The van der Waals surface area contributed by atoms with Crippen LogP contribution in [0.25, 0.3) is 11.4 Å². The molecule has 8 nitrogen and oxygen atoms in total. The number of nitrogens with two attached hydrogens (primary N) is 1. The van der Waals surface area contributed by atoms with Gasteiger partial charge in [-0.1, -0.05) is 5.16 Å². The maximum Gasteiger partial charge on any atom is 0.239 e. The predicted molar refractivity (Wildman–Crippen MR) is 97.8 cm³/mol. The Hall–Kier alpha value is -2.32. The number of aromatic nitrogens is 3. The topological polar surface area (TPSA) is 107 Å². The van der Waals surface area contributed by atoms with Crippen LogP contribution in [0.1, 0.15) is 48.4 Å². The van der Waals surface area contributed by atoms with Crippen molar-refractivity contribution in [1.82, 2.24) is 20.0 Å². The third-order valence-corrected chi connectivity index (χ3v) is 5.40. The fourth-order valence-electron chi connectivity index (χ4n) is 3.87. The number of hydrogen-bond donors (Lipinski definition) is 1. The highest BCUT2D eigenvalue weighted by molar-refractivity contribution is 5.81. The Bertz CT molecular complexity index is 842. The molecule has 0 radical (unpaired) electrons. The Balaban J connectivity index is 1.64. The number of aryl methyl sites for hydroxylation is 1. The van der Waals surface area contributed by atoms with Crippen LogP contribution >= 0.6 is 0 Å². The van der Waals surface area contributed by atoms with Crippen molar-refractivity contribution in [2.45, 2.75) is 51.6 Å². The molecule has 0 saturated carbocycles. The smallest absolute Gasteiger partial charge is 0.239 e. The SMILES string of the molecule is Cc1ncc2c(c1-c1noc(C3CCOCC3)n1)CCN(C(=O)[C@H](C)N)C2. The van der Waals surface area contributed by atoms with Gasteiger partial charge in [0.1, 0.15) is 0 Å². The van der Waals surface area contributed by atoms with E-state index in [0.29, 0.717) is 24.8 Å². The van der Waals surface area contributed by atoms with E-state index < -0.39 is 6.04 Å². The second-order valence-electron chi connectivity index (χ2n) is 7.36. The lowest BCUT2D eigenvalue weighted by Gasteiger charge is -2.31. The number of carbonyl (C=O) groups excluding carboxylic acids is 1. The average Bonchev–Trinajstić information content (AvgIpc) is 3.17. The maximum absolute atomic E-state index is 12.2. The van der Waals surface area contributed by atoms with Crippen molar-refractivity contribution in [3.05, 3.63) is 28.9 Å². The van der Waals surface area contributed by atoms with Gasteiger partial charge in [0.05, 0.1) is 6.04 Å². The first-order valence-electron chi connectivity index (χ1n) is 9.48. The van der Waals surface area contributed by atoms with Gasteiger partial charge in [-0.3, -0.25) is 9.78 Å². The minimum Gasteiger partial charge on any atom is -0.381 e. The van der Waals surface area contributed by atoms with E-state index in [-0.39, 0.29) is 11.8 Å². The summed E-state index contributed by atoms with van der Waals surface area (Å²) >= 11 is 0. The number of carbonyl (C=O) groups is 1. The molecular weight excluding hydrogens is 346 g/mol. The zero-order chi connectivity index (χ0) is 19.0. The minimum absolute atomic E-state index is 0.0378. The molecule has 0 unspecified atom stereocenters. The van der Waals surface area contributed by atoms with Crippen LogP contribution in [0.2, 0.25) is 0 Å². The Morgan fingerprint density at radius 3 is 2.89 bits per heavy atom. The Morgan fingerprint density at radius 1 is 1.37 bits per heavy atom. The molecular formula is C19H25N5O3. The lowest BCUT2D eigenvalue weighted by Crippen LogP contribution is -2.44. The number of fused-ring (bicyclic) bond motifs is 1. The summed E-state index contributed by atoms with van der Waals surface area (Å²) in [4.78, 5) is 23.2. The van der Waals surface area contributed by atoms with Crippen LogP contribution in [0.5, 0.6) is 0 Å². The van der Waals surface area contributed by atoms with Crippen molar-refractivity contribution < 1.29 is 14.1 Å². The highest BCUT2D eigenvalue weighted by Gasteiger charge is 2.28. The summed E-state index contributed by atoms with van der Waals surface area (Å²) in [6.45, 7) is 6.28. The molecule has 2 aliphatic rings. The summed E-state index contributed by atoms with van der Waals surface area (Å²) in [5, 5.41) is 4.25. The standard InChI is InChI=1S/C19H25N5O3/c1-11(20)19(25)24-6-3-15-14(10-24)9-21-12(2)16(15)17-22-18(27-23-17)13-4-7-26-8-5-13/h9,11,13H,3-8,10,20H2,1-2H3/t11-/m0/s1. The molecule has 8 heteroatoms. The molecule has 0 aromatic carbocycles. The summed E-state index contributed by atoms with van der Waals surface area (Å²) in [6.07, 6.45) is 4.38. The molecule has 1 fully saturated rings. The number of hydrogen-bond acceptors (Lipinski definition) is 7. The van der Waals surface area contributed by atoms with E-state index in [1.54, 1.807) is 11.8 Å². The second kappa shape index (κ2) is 7.36. The van der Waals surface area contributed by atoms with Gasteiger partial charge in [0.2, 0.25) is 17.6 Å². The van der Waals surface area contributed by atoms with E-state index in [4.69, 9.17) is 15.0 Å². The number of pyridine rings is 1. The van der Waals surface area contributed by atoms with Gasteiger partial charge >= 0.3 is 0 Å². The molecule has 1 amide bonds. The van der Waals surface area contributed by atoms with E-state index >= 15 is 0 Å². The summed E-state index contributed by atoms with van der Waals surface area (Å²) in [5.41, 5.74) is 9.74. The monoisotopic (exact) mass is 371 g/mol. The lowest BCUT2D eigenvalue weighted by molar-refractivity contribution is -0.133. The molecule has 0 bridgehead atoms. The molecule has 2 N–H and O–H groups in total. The number of ether oxygens (including phenoxy) is 1. The molecule has 2 aromatic heterocycles. The molecule has 4 rings (SSSR count). The molecule has 2 aliphatic heterocycles. The molecule has 1 saturated heterocycles. The molecule has 1 atom stereocenters. The zero-order valence-electron chi connectivity index (χ0n) is 15.8. The van der Waals surface area contributed by atoms with Gasteiger partial charge in [-0.15, -0.1) is 0 Å². The summed E-state index contributed by atoms with van der Waals surface area (Å²) in [7, 11) is 0. The maximum atomic E-state index is 12.2. The summed E-state index contributed by atoms with van der Waals surface area (Å²) in [6, 6.07) is -0.497. The molecule has 4 heterocycles. The van der Waals surface area contributed by atoms with E-state index in [1.165, 1.54) is 0 Å². The van der Waals surface area contributed by atoms with E-state index in [1.807, 2.05) is 13.1 Å². The number of rotatable bonds is 3. The molecule has 144 valence electrons. The third-order valence-electron chi connectivity index (χ3n) is 5.40. The van der Waals surface area contributed by atoms with E-state index in [0.717, 1.165) is 54.9 Å². The fraction of sp³-hybridized carbons (Fsp3) is 0.579. The van der Waals surface area contributed by atoms with Crippen LogP contribution in [0.4, 0.5) is 0 Å². The Labute approximate surface area is 158 Å². The Kier molecular flexibility index (Phi) is 4.92. The van der Waals surface area contributed by atoms with Crippen molar-refractivity contribution in [3.63, 3.8) is 0 Å². The van der Waals surface area contributed by atoms with Crippen molar-refractivity contribution in [3.8, 4) is 11.4 Å². The molecule has 27 heavy (non-hydrogen) atoms. The first-order chi connectivity index (χ1) is 13.0. The van der Waals surface area contributed by atoms with Gasteiger partial charge < -0.3 is 19.9 Å². The highest BCUT2D eigenvalue weighted by atomic mass is 16.5. The fourth-order valence-corrected chi connectivity index (χ4v) is 3.87. The lowest BCUT2D eigenvalue weighted by atomic mass is 9.94. The van der Waals surface area contributed by atoms with Crippen molar-refractivity contribution in [2.24, 2.45) is 5.73 Å². The second-order valence-corrected chi connectivity index (χ2v) is 7.36. The summed E-state index contributed by atoms with van der Waals surface area (Å²) in [5.74, 6) is 1.48. The molecule has 0 aliphatic carbocycles. The van der Waals surface area contributed by atoms with Gasteiger partial charge in [0, 0.05) is 49.7 Å². The van der Waals surface area contributed by atoms with Crippen LogP contribution in [0.3, 0.4) is 0 Å². The largest absolute Gasteiger partial charge is 0.381 e. The molecule has 2 aromatic rings. The van der Waals surface area contributed by atoms with Gasteiger partial charge in [-0.2, -0.15) is 4.98 Å². The zero-order valence-corrected chi connectivity index (χ0v) is 15.8. The van der Waals surface area contributed by atoms with E-state index in [9.17, 15) is 4.79 Å². The number of amides is 1. The third kappa shape index (κ3) is 3.46. The predicted octanol–water partition coefficient (Wildman–Crippen LogP) is 1.57. The van der Waals surface area contributed by atoms with Gasteiger partial charge in [-0.05, 0) is 44.2 Å². The van der Waals surface area contributed by atoms with Crippen molar-refractivity contribution in [2.75, 3.05) is 19.8 Å². The quantitative estimate of drug-likeness (QED) is 0.872. The first-order valence-corrected chi connectivity index (χ1v) is 9.48. The van der Waals surface area contributed by atoms with Crippen molar-refractivity contribution >= 4 is 5.91 Å². The van der Waals surface area contributed by atoms with Crippen molar-refractivity contribution in [1.29, 1.82) is 0 Å². The molecule has 0 spiro atoms. The summed E-state index contributed by atoms with van der Waals surface area (Å²) < 4.78 is 11.0. The number of nitrogens with zero attached hydrogens (tertiary/aromatic N) is 4. The van der Waals surface area contributed by atoms with E-state index in [2.05, 4.69) is 15.1 Å². The van der Waals surface area contributed by atoms with Crippen LogP contribution in [0.15, 0.2) is 10.7 Å². The Morgan fingerprint density at radius 2 is 2.15 bits per heavy atom. The normalized spacial score (nSPS) is 19.0. The van der Waals surface area contributed by atoms with Crippen LogP contribution in [0, 0.1) is 6.92 Å². The highest BCUT2D eigenvalue weighted by Crippen LogP contribution is 2.33. The van der Waals surface area contributed by atoms with Crippen LogP contribution < -0.4 is 5.73 Å².